The predicted molar refractivity (Wildman–Crippen MR) is 256 cm³/mol. The van der Waals surface area contributed by atoms with Crippen molar-refractivity contribution in [3.63, 3.8) is 0 Å². The second-order valence-corrected chi connectivity index (χ2v) is 18.0. The lowest BCUT2D eigenvalue weighted by Gasteiger charge is -2.40. The minimum atomic E-state index is -4.61. The van der Waals surface area contributed by atoms with Crippen LogP contribution in [0.25, 0.3) is 0 Å². The number of ether oxygens (including phenoxy) is 4. The van der Waals surface area contributed by atoms with E-state index in [1.165, 1.54) is 64.2 Å². The molecular formula is C51H84O12S. The van der Waals surface area contributed by atoms with Gasteiger partial charge in [0.15, 0.2) is 12.4 Å². The third kappa shape index (κ3) is 34.2. The van der Waals surface area contributed by atoms with Gasteiger partial charge in [-0.3, -0.25) is 14.1 Å². The first-order valence-electron chi connectivity index (χ1n) is 24.2. The molecule has 12 nitrogen and oxygen atoms in total. The van der Waals surface area contributed by atoms with Gasteiger partial charge in [0.25, 0.3) is 10.1 Å². The highest BCUT2D eigenvalue weighted by atomic mass is 32.2. The van der Waals surface area contributed by atoms with E-state index in [2.05, 4.69) is 62.5 Å². The van der Waals surface area contributed by atoms with Crippen LogP contribution in [0.5, 0.6) is 0 Å². The van der Waals surface area contributed by atoms with Crippen LogP contribution in [0, 0.1) is 0 Å². The summed E-state index contributed by atoms with van der Waals surface area (Å²) < 4.78 is 54.1. The molecule has 0 saturated carbocycles. The molecule has 1 rings (SSSR count). The molecular weight excluding hydrogens is 837 g/mol. The van der Waals surface area contributed by atoms with Crippen molar-refractivity contribution < 1.29 is 56.8 Å². The van der Waals surface area contributed by atoms with E-state index in [-0.39, 0.29) is 19.4 Å². The topological polar surface area (TPSA) is 186 Å². The average molecular weight is 921 g/mol. The van der Waals surface area contributed by atoms with Gasteiger partial charge < -0.3 is 34.3 Å². The molecule has 64 heavy (non-hydrogen) atoms. The Kier molecular flexibility index (Phi) is 36.9. The summed E-state index contributed by atoms with van der Waals surface area (Å²) in [5, 5.41) is 30.9. The normalized spacial score (nSPS) is 20.4. The van der Waals surface area contributed by atoms with Gasteiger partial charge in [0.05, 0.1) is 6.61 Å². The summed E-state index contributed by atoms with van der Waals surface area (Å²) in [4.78, 5) is 25.4. The maximum atomic E-state index is 12.8. The summed E-state index contributed by atoms with van der Waals surface area (Å²) in [6.45, 7) is 3.47. The summed E-state index contributed by atoms with van der Waals surface area (Å²) in [6.07, 6.45) is 43.5. The number of allylic oxidation sites excluding steroid dienone is 14. The zero-order valence-electron chi connectivity index (χ0n) is 39.1. The Balaban J connectivity index is 2.37. The number of unbranched alkanes of at least 4 members (excludes halogenated alkanes) is 16. The predicted octanol–water partition coefficient (Wildman–Crippen LogP) is 10.4. The van der Waals surface area contributed by atoms with Crippen LogP contribution in [0.1, 0.15) is 168 Å². The molecule has 0 aromatic heterocycles. The first kappa shape index (κ1) is 58.8. The molecule has 0 spiro atoms. The van der Waals surface area contributed by atoms with Crippen LogP contribution in [0.3, 0.4) is 0 Å². The standard InChI is InChI=1S/C51H84O12S/c1-3-5-7-9-11-13-15-17-18-19-20-21-22-23-24-25-26-28-29-31-33-35-37-39-46(52)60-41-44(42-61-51-50(56)49(55)48(54)45(63-51)43-64(57,58)59)62-47(53)40-38-36-34-32-30-27-16-14-12-10-8-6-4-2/h5-8,10-14,16-18,27,30,44-45,48-51,54-56H,3-4,9,15,19-26,28-29,31-43H2,1-2H3,(H,57,58,59)/b7-5+,8-6+,12-10+,13-11+,16-14+,18-17+,30-27+/t44?,45-,48-,49?,50?,51+/m1/s1. The van der Waals surface area contributed by atoms with E-state index >= 15 is 0 Å². The maximum Gasteiger partial charge on any atom is 0.306 e. The molecule has 4 N–H and O–H groups in total. The van der Waals surface area contributed by atoms with Crippen molar-refractivity contribution in [1.29, 1.82) is 0 Å². The molecule has 1 fully saturated rings. The van der Waals surface area contributed by atoms with Gasteiger partial charge in [-0.25, -0.2) is 0 Å². The fourth-order valence-electron chi connectivity index (χ4n) is 6.88. The third-order valence-corrected chi connectivity index (χ3v) is 11.3. The van der Waals surface area contributed by atoms with E-state index in [9.17, 15) is 37.9 Å². The molecule has 1 aliphatic rings. The Labute approximate surface area is 386 Å². The quantitative estimate of drug-likeness (QED) is 0.0151. The zero-order valence-corrected chi connectivity index (χ0v) is 39.9. The largest absolute Gasteiger partial charge is 0.462 e. The van der Waals surface area contributed by atoms with Crippen LogP contribution in [-0.2, 0) is 38.7 Å². The molecule has 1 saturated heterocycles. The van der Waals surface area contributed by atoms with Crippen LogP contribution >= 0.6 is 0 Å². The highest BCUT2D eigenvalue weighted by Crippen LogP contribution is 2.24. The molecule has 0 amide bonds. The lowest BCUT2D eigenvalue weighted by Crippen LogP contribution is -2.60. The van der Waals surface area contributed by atoms with Gasteiger partial charge in [-0.05, 0) is 64.2 Å². The SMILES string of the molecule is CC/C=C/C=C/C=C/C=C/CCCCCC(=O)OC(COC(=O)CCCCCCCCCCCCCCC/C=C/C/C=C/C/C=C/CC)CO[C@H]1O[C@H](CS(=O)(=O)O)[C@@H](O)C(O)C1O. The van der Waals surface area contributed by atoms with Crippen molar-refractivity contribution in [2.75, 3.05) is 19.0 Å². The smallest absolute Gasteiger partial charge is 0.306 e. The van der Waals surface area contributed by atoms with Gasteiger partial charge in [0, 0.05) is 12.8 Å². The molecule has 0 bridgehead atoms. The van der Waals surface area contributed by atoms with Gasteiger partial charge in [-0.2, -0.15) is 8.42 Å². The molecule has 6 atom stereocenters. The average Bonchev–Trinajstić information content (AvgIpc) is 3.26. The monoisotopic (exact) mass is 921 g/mol. The Morgan fingerprint density at radius 1 is 0.547 bits per heavy atom. The Morgan fingerprint density at radius 2 is 1.02 bits per heavy atom. The summed E-state index contributed by atoms with van der Waals surface area (Å²) in [6, 6.07) is 0. The maximum absolute atomic E-state index is 12.8. The second kappa shape index (κ2) is 40.1. The first-order chi connectivity index (χ1) is 31.0. The van der Waals surface area contributed by atoms with E-state index in [0.29, 0.717) is 12.8 Å². The number of carbonyl (C=O) groups is 2. The van der Waals surface area contributed by atoms with Crippen molar-refractivity contribution in [3.05, 3.63) is 85.1 Å². The molecule has 0 aliphatic carbocycles. The van der Waals surface area contributed by atoms with Crippen molar-refractivity contribution in [2.45, 2.75) is 205 Å². The fraction of sp³-hybridized carbons (Fsp3) is 0.686. The van der Waals surface area contributed by atoms with E-state index in [4.69, 9.17) is 18.9 Å². The number of hydrogen-bond donors (Lipinski definition) is 4. The fourth-order valence-corrected chi connectivity index (χ4v) is 7.57. The number of esters is 2. The molecule has 3 unspecified atom stereocenters. The molecule has 13 heteroatoms. The highest BCUT2D eigenvalue weighted by Gasteiger charge is 2.46. The lowest BCUT2D eigenvalue weighted by atomic mass is 10.00. The Morgan fingerprint density at radius 3 is 1.59 bits per heavy atom. The molecule has 366 valence electrons. The minimum absolute atomic E-state index is 0.114. The molecule has 0 aromatic carbocycles. The number of aliphatic hydroxyl groups is 3. The summed E-state index contributed by atoms with van der Waals surface area (Å²) in [7, 11) is -4.61. The van der Waals surface area contributed by atoms with Gasteiger partial charge in [0.2, 0.25) is 0 Å². The van der Waals surface area contributed by atoms with Crippen molar-refractivity contribution in [1.82, 2.24) is 0 Å². The molecule has 1 aliphatic heterocycles. The summed E-state index contributed by atoms with van der Waals surface area (Å²) in [5.74, 6) is -2.05. The van der Waals surface area contributed by atoms with Crippen molar-refractivity contribution in [3.8, 4) is 0 Å². The Bertz CT molecular complexity index is 1500. The van der Waals surface area contributed by atoms with Crippen LogP contribution in [0.2, 0.25) is 0 Å². The number of hydrogen-bond acceptors (Lipinski definition) is 11. The zero-order chi connectivity index (χ0) is 46.9. The summed E-state index contributed by atoms with van der Waals surface area (Å²) in [5.41, 5.74) is 0. The molecule has 0 aromatic rings. The Hall–Kier alpha value is -3.17. The lowest BCUT2D eigenvalue weighted by molar-refractivity contribution is -0.297. The van der Waals surface area contributed by atoms with Gasteiger partial charge >= 0.3 is 11.9 Å². The number of rotatable bonds is 39. The summed E-state index contributed by atoms with van der Waals surface area (Å²) >= 11 is 0. The van der Waals surface area contributed by atoms with E-state index < -0.39 is 71.2 Å². The minimum Gasteiger partial charge on any atom is -0.462 e. The second-order valence-electron chi connectivity index (χ2n) is 16.5. The molecule has 1 heterocycles. The molecule has 0 radical (unpaired) electrons. The van der Waals surface area contributed by atoms with Gasteiger partial charge in [-0.15, -0.1) is 0 Å². The van der Waals surface area contributed by atoms with Crippen LogP contribution in [-0.4, -0.2) is 96.0 Å². The van der Waals surface area contributed by atoms with E-state index in [1.54, 1.807) is 0 Å². The first-order valence-corrected chi connectivity index (χ1v) is 25.8. The van der Waals surface area contributed by atoms with Gasteiger partial charge in [-0.1, -0.05) is 176 Å². The van der Waals surface area contributed by atoms with E-state index in [1.807, 2.05) is 36.5 Å². The number of carbonyl (C=O) groups excluding carboxylic acids is 2. The number of aliphatic hydroxyl groups excluding tert-OH is 3. The van der Waals surface area contributed by atoms with Crippen molar-refractivity contribution >= 4 is 22.1 Å². The van der Waals surface area contributed by atoms with Crippen LogP contribution < -0.4 is 0 Å². The van der Waals surface area contributed by atoms with Crippen LogP contribution in [0.4, 0.5) is 0 Å². The van der Waals surface area contributed by atoms with Gasteiger partial charge in [0.1, 0.15) is 36.8 Å². The highest BCUT2D eigenvalue weighted by molar-refractivity contribution is 7.85. The van der Waals surface area contributed by atoms with Crippen molar-refractivity contribution in [2.24, 2.45) is 0 Å². The van der Waals surface area contributed by atoms with E-state index in [0.717, 1.165) is 64.2 Å². The third-order valence-electron chi connectivity index (χ3n) is 10.6. The van der Waals surface area contributed by atoms with Crippen LogP contribution in [0.15, 0.2) is 85.1 Å².